The van der Waals surface area contributed by atoms with Gasteiger partial charge in [-0.05, 0) is 31.2 Å². The third kappa shape index (κ3) is 2.74. The predicted molar refractivity (Wildman–Crippen MR) is 76.6 cm³/mol. The van der Waals surface area contributed by atoms with E-state index in [1.165, 1.54) is 0 Å². The molecule has 1 amide bonds. The molecular formula is C13H18BrN3O. The lowest BCUT2D eigenvalue weighted by atomic mass is 10.1. The van der Waals surface area contributed by atoms with Crippen molar-refractivity contribution in [3.63, 3.8) is 0 Å². The third-order valence-corrected chi connectivity index (χ3v) is 3.87. The summed E-state index contributed by atoms with van der Waals surface area (Å²) in [5.41, 5.74) is 6.52. The van der Waals surface area contributed by atoms with Crippen LogP contribution >= 0.6 is 15.9 Å². The summed E-state index contributed by atoms with van der Waals surface area (Å²) in [6.07, 6.45) is 0. The largest absolute Gasteiger partial charge is 0.329 e. The number of hydrogen-bond donors (Lipinski definition) is 1. The maximum absolute atomic E-state index is 12.3. The Morgan fingerprint density at radius 2 is 2.00 bits per heavy atom. The number of piperazine rings is 1. The number of rotatable bonds is 3. The highest BCUT2D eigenvalue weighted by molar-refractivity contribution is 9.10. The number of anilines is 1. The van der Waals surface area contributed by atoms with Crippen LogP contribution < -0.4 is 10.6 Å². The van der Waals surface area contributed by atoms with Crippen LogP contribution in [0.5, 0.6) is 0 Å². The van der Waals surface area contributed by atoms with Gasteiger partial charge in [0.1, 0.15) is 0 Å². The lowest BCUT2D eigenvalue weighted by Crippen LogP contribution is -2.56. The fourth-order valence-electron chi connectivity index (χ4n) is 2.26. The number of hydrogen-bond acceptors (Lipinski definition) is 3. The van der Waals surface area contributed by atoms with Crippen molar-refractivity contribution in [2.75, 3.05) is 31.1 Å². The Morgan fingerprint density at radius 3 is 2.61 bits per heavy atom. The van der Waals surface area contributed by atoms with E-state index < -0.39 is 0 Å². The number of carbonyl (C=O) groups excluding carboxylic acids is 1. The molecule has 1 aromatic rings. The second-order valence-electron chi connectivity index (χ2n) is 4.47. The van der Waals surface area contributed by atoms with E-state index in [9.17, 15) is 4.79 Å². The van der Waals surface area contributed by atoms with Crippen molar-refractivity contribution in [2.45, 2.75) is 13.0 Å². The summed E-state index contributed by atoms with van der Waals surface area (Å²) in [6.45, 7) is 4.92. The fourth-order valence-corrected chi connectivity index (χ4v) is 2.53. The molecule has 1 aromatic carbocycles. The molecule has 4 nitrogen and oxygen atoms in total. The maximum atomic E-state index is 12.3. The first-order chi connectivity index (χ1) is 8.63. The molecule has 1 fully saturated rings. The Balaban J connectivity index is 2.12. The number of halogens is 1. The average molecular weight is 312 g/mol. The van der Waals surface area contributed by atoms with Crippen LogP contribution in [0, 0.1) is 0 Å². The minimum atomic E-state index is -0.0917. The molecule has 18 heavy (non-hydrogen) atoms. The van der Waals surface area contributed by atoms with Crippen LogP contribution in [0.25, 0.3) is 0 Å². The smallest absolute Gasteiger partial charge is 0.244 e. The van der Waals surface area contributed by atoms with Crippen LogP contribution in [0.2, 0.25) is 0 Å². The van der Waals surface area contributed by atoms with Crippen molar-refractivity contribution in [1.29, 1.82) is 0 Å². The zero-order chi connectivity index (χ0) is 13.1. The molecule has 0 bridgehead atoms. The highest BCUT2D eigenvalue weighted by atomic mass is 79.9. The summed E-state index contributed by atoms with van der Waals surface area (Å²) >= 11 is 3.40. The highest BCUT2D eigenvalue weighted by Gasteiger charge is 2.31. The van der Waals surface area contributed by atoms with E-state index in [-0.39, 0.29) is 11.9 Å². The fraction of sp³-hybridized carbons (Fsp3) is 0.462. The summed E-state index contributed by atoms with van der Waals surface area (Å²) < 4.78 is 1.02. The zero-order valence-electron chi connectivity index (χ0n) is 10.5. The SMILES string of the molecule is CC1C(=O)N(c2ccc(Br)cc2)CCN1CCN. The van der Waals surface area contributed by atoms with Gasteiger partial charge >= 0.3 is 0 Å². The van der Waals surface area contributed by atoms with Crippen molar-refractivity contribution < 1.29 is 4.79 Å². The first-order valence-electron chi connectivity index (χ1n) is 6.14. The van der Waals surface area contributed by atoms with Gasteiger partial charge in [-0.3, -0.25) is 9.69 Å². The maximum Gasteiger partial charge on any atom is 0.244 e. The topological polar surface area (TPSA) is 49.6 Å². The molecule has 0 spiro atoms. The number of carbonyl (C=O) groups is 1. The lowest BCUT2D eigenvalue weighted by molar-refractivity contribution is -0.125. The van der Waals surface area contributed by atoms with Gasteiger partial charge in [0, 0.05) is 36.3 Å². The molecule has 5 heteroatoms. The predicted octanol–water partition coefficient (Wildman–Crippen LogP) is 1.44. The van der Waals surface area contributed by atoms with Crippen molar-refractivity contribution in [2.24, 2.45) is 5.73 Å². The second kappa shape index (κ2) is 5.82. The van der Waals surface area contributed by atoms with Gasteiger partial charge < -0.3 is 10.6 Å². The minimum absolute atomic E-state index is 0.0917. The number of nitrogens with two attached hydrogens (primary N) is 1. The molecule has 98 valence electrons. The normalized spacial score (nSPS) is 21.4. The number of nitrogens with zero attached hydrogens (tertiary/aromatic N) is 2. The van der Waals surface area contributed by atoms with Crippen LogP contribution in [-0.4, -0.2) is 43.0 Å². The minimum Gasteiger partial charge on any atom is -0.329 e. The van der Waals surface area contributed by atoms with Crippen LogP contribution in [0.1, 0.15) is 6.92 Å². The monoisotopic (exact) mass is 311 g/mol. The van der Waals surface area contributed by atoms with Gasteiger partial charge in [0.2, 0.25) is 5.91 Å². The zero-order valence-corrected chi connectivity index (χ0v) is 12.1. The van der Waals surface area contributed by atoms with Gasteiger partial charge in [-0.15, -0.1) is 0 Å². The van der Waals surface area contributed by atoms with E-state index in [0.29, 0.717) is 6.54 Å². The molecule has 1 atom stereocenters. The highest BCUT2D eigenvalue weighted by Crippen LogP contribution is 2.22. The molecular weight excluding hydrogens is 294 g/mol. The summed E-state index contributed by atoms with van der Waals surface area (Å²) in [4.78, 5) is 16.3. The molecule has 2 N–H and O–H groups in total. The van der Waals surface area contributed by atoms with Crippen LogP contribution in [-0.2, 0) is 4.79 Å². The summed E-state index contributed by atoms with van der Waals surface area (Å²) in [7, 11) is 0. The Morgan fingerprint density at radius 1 is 1.33 bits per heavy atom. The third-order valence-electron chi connectivity index (χ3n) is 3.34. The Labute approximate surface area is 116 Å². The van der Waals surface area contributed by atoms with E-state index >= 15 is 0 Å². The van der Waals surface area contributed by atoms with Gasteiger partial charge in [0.05, 0.1) is 6.04 Å². The molecule has 1 saturated heterocycles. The second-order valence-corrected chi connectivity index (χ2v) is 5.38. The molecule has 0 radical (unpaired) electrons. The van der Waals surface area contributed by atoms with Crippen LogP contribution in [0.15, 0.2) is 28.7 Å². The molecule has 1 unspecified atom stereocenters. The lowest BCUT2D eigenvalue weighted by Gasteiger charge is -2.38. The van der Waals surface area contributed by atoms with Gasteiger partial charge in [0.15, 0.2) is 0 Å². The van der Waals surface area contributed by atoms with E-state index in [4.69, 9.17) is 5.73 Å². The number of amides is 1. The molecule has 1 heterocycles. The van der Waals surface area contributed by atoms with Crippen molar-refractivity contribution in [3.05, 3.63) is 28.7 Å². The summed E-state index contributed by atoms with van der Waals surface area (Å²) in [6, 6.07) is 7.76. The summed E-state index contributed by atoms with van der Waals surface area (Å²) in [5, 5.41) is 0. The quantitative estimate of drug-likeness (QED) is 0.919. The molecule has 0 aromatic heterocycles. The van der Waals surface area contributed by atoms with Gasteiger partial charge in [-0.1, -0.05) is 15.9 Å². The van der Waals surface area contributed by atoms with E-state index in [0.717, 1.165) is 29.8 Å². The van der Waals surface area contributed by atoms with E-state index in [1.54, 1.807) is 0 Å². The van der Waals surface area contributed by atoms with Crippen molar-refractivity contribution >= 4 is 27.5 Å². The van der Waals surface area contributed by atoms with Gasteiger partial charge in [-0.2, -0.15) is 0 Å². The Kier molecular flexibility index (Phi) is 4.37. The van der Waals surface area contributed by atoms with Crippen molar-refractivity contribution in [1.82, 2.24) is 4.90 Å². The Hall–Kier alpha value is -0.910. The van der Waals surface area contributed by atoms with E-state index in [1.807, 2.05) is 36.1 Å². The van der Waals surface area contributed by atoms with Crippen LogP contribution in [0.3, 0.4) is 0 Å². The van der Waals surface area contributed by atoms with Crippen LogP contribution in [0.4, 0.5) is 5.69 Å². The molecule has 0 saturated carbocycles. The van der Waals surface area contributed by atoms with Gasteiger partial charge in [-0.25, -0.2) is 0 Å². The van der Waals surface area contributed by atoms with E-state index in [2.05, 4.69) is 20.8 Å². The molecule has 1 aliphatic rings. The molecule has 1 aliphatic heterocycles. The van der Waals surface area contributed by atoms with Crippen molar-refractivity contribution in [3.8, 4) is 0 Å². The molecule has 2 rings (SSSR count). The van der Waals surface area contributed by atoms with Gasteiger partial charge in [0.25, 0.3) is 0 Å². The average Bonchev–Trinajstić information content (AvgIpc) is 2.37. The summed E-state index contributed by atoms with van der Waals surface area (Å²) in [5.74, 6) is 0.150. The molecule has 0 aliphatic carbocycles. The standard InChI is InChI=1S/C13H18BrN3O/c1-10-13(18)17(9-8-16(10)7-6-15)12-4-2-11(14)3-5-12/h2-5,10H,6-9,15H2,1H3. The first kappa shape index (κ1) is 13.5. The Bertz CT molecular complexity index is 421. The first-order valence-corrected chi connectivity index (χ1v) is 6.94. The number of benzene rings is 1.